The van der Waals surface area contributed by atoms with Crippen LogP contribution in [0.25, 0.3) is 16.9 Å². The maximum atomic E-state index is 12.0. The lowest BCUT2D eigenvalue weighted by molar-refractivity contribution is -0.345. The van der Waals surface area contributed by atoms with E-state index in [2.05, 4.69) is 76.2 Å². The highest BCUT2D eigenvalue weighted by molar-refractivity contribution is 5.82. The summed E-state index contributed by atoms with van der Waals surface area (Å²) in [4.78, 5) is 0. The molecule has 0 aliphatic carbocycles. The fourth-order valence-electron chi connectivity index (χ4n) is 6.41. The van der Waals surface area contributed by atoms with Crippen LogP contribution in [0.4, 0.5) is 0 Å². The molecule has 0 spiro atoms. The number of aryl methyl sites for hydroxylation is 2. The van der Waals surface area contributed by atoms with Gasteiger partial charge < -0.3 is 5.53 Å². The van der Waals surface area contributed by atoms with E-state index in [9.17, 15) is 5.53 Å². The minimum atomic E-state index is 1.02. The topological polar surface area (TPSA) is 25.3 Å². The lowest BCUT2D eigenvalue weighted by Crippen LogP contribution is -2.03. The number of benzene rings is 2. The van der Waals surface area contributed by atoms with Crippen molar-refractivity contribution in [2.45, 2.75) is 156 Å². The third-order valence-electron chi connectivity index (χ3n) is 8.99. The number of hydrogen-bond donors (Lipinski definition) is 0. The molecule has 0 fully saturated rings. The van der Waals surface area contributed by atoms with Crippen LogP contribution in [0.3, 0.4) is 0 Å². The van der Waals surface area contributed by atoms with Gasteiger partial charge in [-0.3, -0.25) is 0 Å². The van der Waals surface area contributed by atoms with Crippen molar-refractivity contribution < 1.29 is 4.70 Å². The normalized spacial score (nSPS) is 13.6. The van der Waals surface area contributed by atoms with Gasteiger partial charge in [0.15, 0.2) is 0 Å². The second-order valence-electron chi connectivity index (χ2n) is 12.6. The van der Waals surface area contributed by atoms with Gasteiger partial charge in [0.05, 0.1) is 0 Å². The SMILES string of the molecule is CCCCCCCCC1=C(c2cccc(CCCC)c2)[N+](=[N-])C(c2ccc(CCCCCCCC)cc2)=C1CCCC. The van der Waals surface area contributed by atoms with Gasteiger partial charge in [0.1, 0.15) is 0 Å². The maximum absolute atomic E-state index is 12.0. The summed E-state index contributed by atoms with van der Waals surface area (Å²) >= 11 is 0. The predicted molar refractivity (Wildman–Crippen MR) is 184 cm³/mol. The molecule has 0 unspecified atom stereocenters. The third-order valence-corrected chi connectivity index (χ3v) is 8.99. The maximum Gasteiger partial charge on any atom is 0.211 e. The van der Waals surface area contributed by atoms with Gasteiger partial charge in [-0.25, -0.2) is 4.70 Å². The smallest absolute Gasteiger partial charge is 0.211 e. The molecule has 0 N–H and O–H groups in total. The highest BCUT2D eigenvalue weighted by Crippen LogP contribution is 2.44. The molecule has 0 radical (unpaired) electrons. The first-order valence-electron chi connectivity index (χ1n) is 17.8. The predicted octanol–water partition coefficient (Wildman–Crippen LogP) is 13.0. The molecule has 230 valence electrons. The molecule has 42 heavy (non-hydrogen) atoms. The van der Waals surface area contributed by atoms with E-state index >= 15 is 0 Å². The minimum Gasteiger partial charge on any atom is -0.493 e. The van der Waals surface area contributed by atoms with Crippen molar-refractivity contribution in [2.24, 2.45) is 0 Å². The number of unbranched alkanes of at least 4 members (excludes halogenated alkanes) is 12. The van der Waals surface area contributed by atoms with E-state index in [4.69, 9.17) is 0 Å². The van der Waals surface area contributed by atoms with Gasteiger partial charge in [-0.1, -0.05) is 129 Å². The summed E-state index contributed by atoms with van der Waals surface area (Å²) in [6, 6.07) is 18.1. The molecule has 1 aliphatic rings. The second-order valence-corrected chi connectivity index (χ2v) is 12.6. The summed E-state index contributed by atoms with van der Waals surface area (Å²) in [6.07, 6.45) is 24.7. The van der Waals surface area contributed by atoms with Gasteiger partial charge in [0.2, 0.25) is 11.4 Å². The molecule has 2 heteroatoms. The van der Waals surface area contributed by atoms with Crippen LogP contribution in [0.15, 0.2) is 59.7 Å². The summed E-state index contributed by atoms with van der Waals surface area (Å²) in [5, 5.41) is 0. The van der Waals surface area contributed by atoms with Gasteiger partial charge in [-0.15, -0.1) is 0 Å². The molecule has 2 aromatic rings. The molecular formula is C40H60N2. The summed E-state index contributed by atoms with van der Waals surface area (Å²) in [6.45, 7) is 9.10. The fraction of sp³-hybridized carbons (Fsp3) is 0.600. The number of hydrogen-bond acceptors (Lipinski definition) is 0. The van der Waals surface area contributed by atoms with E-state index < -0.39 is 0 Å². The van der Waals surface area contributed by atoms with Crippen molar-refractivity contribution in [2.75, 3.05) is 0 Å². The minimum absolute atomic E-state index is 1.02. The van der Waals surface area contributed by atoms with E-state index in [-0.39, 0.29) is 0 Å². The first kappa shape index (κ1) is 34.0. The zero-order chi connectivity index (χ0) is 30.0. The van der Waals surface area contributed by atoms with Gasteiger partial charge in [0, 0.05) is 22.3 Å². The lowest BCUT2D eigenvalue weighted by Gasteiger charge is -2.11. The Morgan fingerprint density at radius 1 is 0.452 bits per heavy atom. The van der Waals surface area contributed by atoms with E-state index in [0.29, 0.717) is 0 Å². The average Bonchev–Trinajstić information content (AvgIpc) is 3.29. The Kier molecular flexibility index (Phi) is 15.9. The number of rotatable bonds is 22. The molecule has 2 aromatic carbocycles. The first-order valence-corrected chi connectivity index (χ1v) is 17.8. The van der Waals surface area contributed by atoms with Crippen LogP contribution < -0.4 is 0 Å². The Morgan fingerprint density at radius 2 is 0.929 bits per heavy atom. The summed E-state index contributed by atoms with van der Waals surface area (Å²) in [5.41, 5.74) is 21.8. The standard InChI is InChI=1S/C40H60N2/c1-5-9-13-15-17-19-23-33-28-30-35(31-29-33)39-37(26-12-8-4)38(27-20-18-16-14-10-6-2)40(42(39)41)36-25-21-24-34(32-36)22-11-7-3/h21,24-25,28-32H,5-20,22-23,26-27H2,1-4H3. The molecule has 0 aromatic heterocycles. The second kappa shape index (κ2) is 19.7. The molecule has 1 aliphatic heterocycles. The molecule has 0 bridgehead atoms. The zero-order valence-electron chi connectivity index (χ0n) is 27.7. The molecule has 3 rings (SSSR count). The lowest BCUT2D eigenvalue weighted by atomic mass is 9.91. The Balaban J connectivity index is 1.89. The molecule has 0 saturated heterocycles. The van der Waals surface area contributed by atoms with Gasteiger partial charge in [-0.2, -0.15) is 0 Å². The van der Waals surface area contributed by atoms with Crippen molar-refractivity contribution in [1.29, 1.82) is 0 Å². The van der Waals surface area contributed by atoms with Crippen LogP contribution in [-0.4, -0.2) is 4.70 Å². The number of allylic oxidation sites excluding steroid dienone is 2. The van der Waals surface area contributed by atoms with E-state index in [0.717, 1.165) is 61.0 Å². The molecule has 2 nitrogen and oxygen atoms in total. The summed E-state index contributed by atoms with van der Waals surface area (Å²) < 4.78 is 1.57. The Labute approximate surface area is 259 Å². The Bertz CT molecular complexity index is 1130. The van der Waals surface area contributed by atoms with Crippen molar-refractivity contribution in [3.05, 3.63) is 87.5 Å². The van der Waals surface area contributed by atoms with Crippen molar-refractivity contribution in [3.63, 3.8) is 0 Å². The van der Waals surface area contributed by atoms with E-state index in [1.807, 2.05) is 0 Å². The van der Waals surface area contributed by atoms with Gasteiger partial charge in [0.25, 0.3) is 0 Å². The quantitative estimate of drug-likeness (QED) is 0.0997. The summed E-state index contributed by atoms with van der Waals surface area (Å²) in [5.74, 6) is 0. The van der Waals surface area contributed by atoms with Crippen LogP contribution in [0.2, 0.25) is 0 Å². The highest BCUT2D eigenvalue weighted by Gasteiger charge is 2.35. The largest absolute Gasteiger partial charge is 0.493 e. The molecular weight excluding hydrogens is 508 g/mol. The van der Waals surface area contributed by atoms with Gasteiger partial charge in [-0.05, 0) is 86.8 Å². The zero-order valence-corrected chi connectivity index (χ0v) is 27.7. The molecule has 0 amide bonds. The van der Waals surface area contributed by atoms with Crippen LogP contribution in [0.5, 0.6) is 0 Å². The Morgan fingerprint density at radius 3 is 1.55 bits per heavy atom. The van der Waals surface area contributed by atoms with E-state index in [1.165, 1.54) is 112 Å². The van der Waals surface area contributed by atoms with Crippen molar-refractivity contribution >= 4 is 11.4 Å². The Hall–Kier alpha value is -2.48. The summed E-state index contributed by atoms with van der Waals surface area (Å²) in [7, 11) is 0. The average molecular weight is 569 g/mol. The van der Waals surface area contributed by atoms with Crippen LogP contribution in [-0.2, 0) is 12.8 Å². The highest BCUT2D eigenvalue weighted by atomic mass is 15.2. The van der Waals surface area contributed by atoms with Crippen molar-refractivity contribution in [1.82, 2.24) is 0 Å². The molecule has 1 heterocycles. The van der Waals surface area contributed by atoms with Crippen LogP contribution in [0.1, 0.15) is 166 Å². The van der Waals surface area contributed by atoms with Gasteiger partial charge >= 0.3 is 0 Å². The first-order chi connectivity index (χ1) is 20.6. The molecule has 0 saturated carbocycles. The monoisotopic (exact) mass is 568 g/mol. The van der Waals surface area contributed by atoms with Crippen LogP contribution in [0, 0.1) is 0 Å². The van der Waals surface area contributed by atoms with Crippen molar-refractivity contribution in [3.8, 4) is 0 Å². The van der Waals surface area contributed by atoms with Crippen LogP contribution >= 0.6 is 0 Å². The molecule has 0 atom stereocenters. The third kappa shape index (κ3) is 10.4. The fourth-order valence-corrected chi connectivity index (χ4v) is 6.41. The van der Waals surface area contributed by atoms with E-state index in [1.54, 1.807) is 4.70 Å². The number of nitrogens with zero attached hydrogens (tertiary/aromatic N) is 2.